The highest BCUT2D eigenvalue weighted by atomic mass is 14.9. The molecule has 1 nitrogen and oxygen atoms in total. The first kappa shape index (κ1) is 11.1. The van der Waals surface area contributed by atoms with Gasteiger partial charge in [-0.05, 0) is 55.9 Å². The van der Waals surface area contributed by atoms with Gasteiger partial charge in [0.05, 0.1) is 0 Å². The van der Waals surface area contributed by atoms with Crippen LogP contribution in [0.15, 0.2) is 0 Å². The lowest BCUT2D eigenvalue weighted by Gasteiger charge is -2.32. The molecule has 3 rings (SSSR count). The Morgan fingerprint density at radius 1 is 0.938 bits per heavy atom. The lowest BCUT2D eigenvalue weighted by Crippen LogP contribution is -2.40. The first-order valence-corrected chi connectivity index (χ1v) is 7.65. The maximum absolute atomic E-state index is 3.84. The summed E-state index contributed by atoms with van der Waals surface area (Å²) in [5, 5.41) is 3.84. The van der Waals surface area contributed by atoms with Gasteiger partial charge in [-0.3, -0.25) is 0 Å². The Morgan fingerprint density at radius 2 is 1.62 bits per heavy atom. The minimum Gasteiger partial charge on any atom is -0.314 e. The molecule has 0 amide bonds. The van der Waals surface area contributed by atoms with Gasteiger partial charge in [0.1, 0.15) is 0 Å². The average Bonchev–Trinajstić information content (AvgIpc) is 2.80. The van der Waals surface area contributed by atoms with Crippen LogP contribution in [0.5, 0.6) is 0 Å². The van der Waals surface area contributed by atoms with Crippen LogP contribution in [0, 0.1) is 23.7 Å². The Balaban J connectivity index is 1.62. The van der Waals surface area contributed by atoms with Gasteiger partial charge in [-0.15, -0.1) is 0 Å². The van der Waals surface area contributed by atoms with Gasteiger partial charge < -0.3 is 5.32 Å². The molecule has 0 aromatic heterocycles. The summed E-state index contributed by atoms with van der Waals surface area (Å²) in [6.45, 7) is 3.46. The second-order valence-electron chi connectivity index (χ2n) is 6.32. The fraction of sp³-hybridized carbons (Fsp3) is 1.00. The predicted molar refractivity (Wildman–Crippen MR) is 68.4 cm³/mol. The summed E-state index contributed by atoms with van der Waals surface area (Å²) in [7, 11) is 0. The van der Waals surface area contributed by atoms with Crippen molar-refractivity contribution in [3.05, 3.63) is 0 Å². The number of rotatable bonds is 4. The molecule has 3 aliphatic carbocycles. The summed E-state index contributed by atoms with van der Waals surface area (Å²) in [4.78, 5) is 0. The predicted octanol–water partition coefficient (Wildman–Crippen LogP) is 3.59. The van der Waals surface area contributed by atoms with Gasteiger partial charge in [-0.2, -0.15) is 0 Å². The van der Waals surface area contributed by atoms with E-state index >= 15 is 0 Å². The average molecular weight is 221 g/mol. The Bertz CT molecular complexity index is 220. The van der Waals surface area contributed by atoms with Crippen LogP contribution in [0.2, 0.25) is 0 Å². The van der Waals surface area contributed by atoms with Crippen molar-refractivity contribution >= 4 is 0 Å². The van der Waals surface area contributed by atoms with Crippen molar-refractivity contribution in [1.82, 2.24) is 5.32 Å². The van der Waals surface area contributed by atoms with Crippen molar-refractivity contribution in [3.63, 3.8) is 0 Å². The van der Waals surface area contributed by atoms with E-state index in [1.54, 1.807) is 12.8 Å². The van der Waals surface area contributed by atoms with Crippen LogP contribution in [0.25, 0.3) is 0 Å². The summed E-state index contributed by atoms with van der Waals surface area (Å²) < 4.78 is 0. The molecule has 3 atom stereocenters. The standard InChI is InChI=1S/C15H27N/c1-2-16-15(11-7-4-3-5-8-11)14-12-9-6-10-13(12)14/h11-16H,2-10H2,1H3. The van der Waals surface area contributed by atoms with Crippen LogP contribution in [-0.2, 0) is 0 Å². The highest BCUT2D eigenvalue weighted by Crippen LogP contribution is 2.60. The van der Waals surface area contributed by atoms with Crippen LogP contribution >= 0.6 is 0 Å². The van der Waals surface area contributed by atoms with Crippen molar-refractivity contribution in [2.75, 3.05) is 6.54 Å². The van der Waals surface area contributed by atoms with Crippen LogP contribution < -0.4 is 5.32 Å². The first-order valence-electron chi connectivity index (χ1n) is 7.65. The van der Waals surface area contributed by atoms with Gasteiger partial charge in [0.2, 0.25) is 0 Å². The van der Waals surface area contributed by atoms with Gasteiger partial charge in [-0.1, -0.05) is 32.6 Å². The van der Waals surface area contributed by atoms with Gasteiger partial charge in [0.25, 0.3) is 0 Å². The third-order valence-electron chi connectivity index (χ3n) is 5.48. The fourth-order valence-corrected chi connectivity index (χ4v) is 4.76. The maximum Gasteiger partial charge on any atom is 0.0129 e. The minimum absolute atomic E-state index is 0.889. The molecule has 92 valence electrons. The molecule has 1 heteroatoms. The number of fused-ring (bicyclic) bond motifs is 1. The smallest absolute Gasteiger partial charge is 0.0129 e. The second kappa shape index (κ2) is 4.68. The number of hydrogen-bond acceptors (Lipinski definition) is 1. The maximum atomic E-state index is 3.84. The van der Waals surface area contributed by atoms with E-state index in [2.05, 4.69) is 12.2 Å². The highest BCUT2D eigenvalue weighted by Gasteiger charge is 2.56. The van der Waals surface area contributed by atoms with E-state index in [0.717, 1.165) is 29.7 Å². The quantitative estimate of drug-likeness (QED) is 0.765. The zero-order valence-corrected chi connectivity index (χ0v) is 10.8. The molecule has 0 radical (unpaired) electrons. The van der Waals surface area contributed by atoms with Crippen LogP contribution in [0.4, 0.5) is 0 Å². The monoisotopic (exact) mass is 221 g/mol. The molecular formula is C15H27N. The van der Waals surface area contributed by atoms with E-state index in [4.69, 9.17) is 0 Å². The Kier molecular flexibility index (Phi) is 3.24. The Morgan fingerprint density at radius 3 is 2.25 bits per heavy atom. The lowest BCUT2D eigenvalue weighted by molar-refractivity contribution is 0.233. The molecule has 3 aliphatic rings. The molecule has 3 unspecified atom stereocenters. The van der Waals surface area contributed by atoms with Crippen molar-refractivity contribution < 1.29 is 0 Å². The van der Waals surface area contributed by atoms with E-state index in [1.807, 2.05) is 0 Å². The third-order valence-corrected chi connectivity index (χ3v) is 5.48. The Hall–Kier alpha value is -0.0400. The molecule has 3 saturated carbocycles. The molecular weight excluding hydrogens is 194 g/mol. The van der Waals surface area contributed by atoms with Crippen LogP contribution in [-0.4, -0.2) is 12.6 Å². The normalized spacial score (nSPS) is 40.7. The number of nitrogens with one attached hydrogen (secondary N) is 1. The van der Waals surface area contributed by atoms with Crippen molar-refractivity contribution in [3.8, 4) is 0 Å². The summed E-state index contributed by atoms with van der Waals surface area (Å²) in [6, 6.07) is 0.889. The molecule has 0 saturated heterocycles. The SMILES string of the molecule is CCNC(C1CCCCC1)C1C2CCCC21. The lowest BCUT2D eigenvalue weighted by atomic mass is 9.80. The van der Waals surface area contributed by atoms with Crippen LogP contribution in [0.1, 0.15) is 58.3 Å². The van der Waals surface area contributed by atoms with Gasteiger partial charge in [0.15, 0.2) is 0 Å². The van der Waals surface area contributed by atoms with E-state index < -0.39 is 0 Å². The van der Waals surface area contributed by atoms with Crippen molar-refractivity contribution in [2.24, 2.45) is 23.7 Å². The third kappa shape index (κ3) is 1.92. The molecule has 0 bridgehead atoms. The highest BCUT2D eigenvalue weighted by molar-refractivity contribution is 5.07. The van der Waals surface area contributed by atoms with E-state index in [-0.39, 0.29) is 0 Å². The van der Waals surface area contributed by atoms with E-state index in [9.17, 15) is 0 Å². The van der Waals surface area contributed by atoms with Crippen LogP contribution in [0.3, 0.4) is 0 Å². The summed E-state index contributed by atoms with van der Waals surface area (Å²) in [6.07, 6.45) is 12.1. The molecule has 0 heterocycles. The minimum atomic E-state index is 0.889. The molecule has 16 heavy (non-hydrogen) atoms. The topological polar surface area (TPSA) is 12.0 Å². The van der Waals surface area contributed by atoms with E-state index in [0.29, 0.717) is 0 Å². The zero-order valence-electron chi connectivity index (χ0n) is 10.8. The Labute approximate surface area is 100 Å². The number of hydrogen-bond donors (Lipinski definition) is 1. The molecule has 0 aromatic carbocycles. The summed E-state index contributed by atoms with van der Waals surface area (Å²) in [5.74, 6) is 4.36. The molecule has 0 aromatic rings. The van der Waals surface area contributed by atoms with Crippen molar-refractivity contribution in [2.45, 2.75) is 64.3 Å². The van der Waals surface area contributed by atoms with Gasteiger partial charge in [-0.25, -0.2) is 0 Å². The van der Waals surface area contributed by atoms with Gasteiger partial charge >= 0.3 is 0 Å². The molecule has 1 N–H and O–H groups in total. The summed E-state index contributed by atoms with van der Waals surface area (Å²) in [5.41, 5.74) is 0. The molecule has 0 aliphatic heterocycles. The van der Waals surface area contributed by atoms with E-state index in [1.165, 1.54) is 45.1 Å². The fourth-order valence-electron chi connectivity index (χ4n) is 4.76. The molecule has 3 fully saturated rings. The van der Waals surface area contributed by atoms with Gasteiger partial charge in [0, 0.05) is 6.04 Å². The largest absolute Gasteiger partial charge is 0.314 e. The zero-order chi connectivity index (χ0) is 11.0. The second-order valence-corrected chi connectivity index (χ2v) is 6.32. The first-order chi connectivity index (χ1) is 7.92. The summed E-state index contributed by atoms with van der Waals surface area (Å²) >= 11 is 0. The molecule has 0 spiro atoms. The van der Waals surface area contributed by atoms with Crippen molar-refractivity contribution in [1.29, 1.82) is 0 Å².